The monoisotopic (exact) mass is 273 g/mol. The SMILES string of the molecule is CC1OCCC1C(=O)NCCc1nc2ccccc2[nH]1. The molecule has 0 saturated carbocycles. The first-order valence-electron chi connectivity index (χ1n) is 7.07. The molecule has 1 aliphatic heterocycles. The van der Waals surface area contributed by atoms with Crippen LogP contribution < -0.4 is 5.32 Å². The van der Waals surface area contributed by atoms with Gasteiger partial charge in [0.05, 0.1) is 23.1 Å². The maximum absolute atomic E-state index is 12.0. The van der Waals surface area contributed by atoms with Crippen molar-refractivity contribution in [1.82, 2.24) is 15.3 Å². The van der Waals surface area contributed by atoms with Gasteiger partial charge in [0.15, 0.2) is 0 Å². The van der Waals surface area contributed by atoms with E-state index in [9.17, 15) is 4.79 Å². The zero-order chi connectivity index (χ0) is 13.9. The van der Waals surface area contributed by atoms with Crippen LogP contribution in [0.25, 0.3) is 11.0 Å². The van der Waals surface area contributed by atoms with Crippen LogP contribution in [0.2, 0.25) is 0 Å². The van der Waals surface area contributed by atoms with Crippen LogP contribution in [0.5, 0.6) is 0 Å². The van der Waals surface area contributed by atoms with E-state index < -0.39 is 0 Å². The molecule has 5 nitrogen and oxygen atoms in total. The largest absolute Gasteiger partial charge is 0.378 e. The van der Waals surface area contributed by atoms with E-state index in [1.54, 1.807) is 0 Å². The lowest BCUT2D eigenvalue weighted by atomic mass is 10.0. The summed E-state index contributed by atoms with van der Waals surface area (Å²) in [4.78, 5) is 19.7. The number of imidazole rings is 1. The highest BCUT2D eigenvalue weighted by atomic mass is 16.5. The van der Waals surface area contributed by atoms with Gasteiger partial charge in [0.25, 0.3) is 0 Å². The van der Waals surface area contributed by atoms with E-state index in [-0.39, 0.29) is 17.9 Å². The molecular weight excluding hydrogens is 254 g/mol. The van der Waals surface area contributed by atoms with Crippen molar-refractivity contribution < 1.29 is 9.53 Å². The molecule has 1 aromatic carbocycles. The molecule has 0 radical (unpaired) electrons. The van der Waals surface area contributed by atoms with Gasteiger partial charge in [0, 0.05) is 19.6 Å². The highest BCUT2D eigenvalue weighted by Gasteiger charge is 2.30. The highest BCUT2D eigenvalue weighted by Crippen LogP contribution is 2.20. The van der Waals surface area contributed by atoms with Crippen LogP contribution >= 0.6 is 0 Å². The second-order valence-corrected chi connectivity index (χ2v) is 5.21. The average molecular weight is 273 g/mol. The lowest BCUT2D eigenvalue weighted by Gasteiger charge is -2.13. The van der Waals surface area contributed by atoms with E-state index in [4.69, 9.17) is 4.74 Å². The molecule has 1 aliphatic rings. The van der Waals surface area contributed by atoms with E-state index in [0.717, 1.165) is 23.3 Å². The normalized spacial score (nSPS) is 22.2. The lowest BCUT2D eigenvalue weighted by molar-refractivity contribution is -0.126. The Bertz CT molecular complexity index is 575. The Morgan fingerprint density at radius 2 is 2.35 bits per heavy atom. The first kappa shape index (κ1) is 13.1. The summed E-state index contributed by atoms with van der Waals surface area (Å²) in [6, 6.07) is 7.93. The van der Waals surface area contributed by atoms with E-state index in [0.29, 0.717) is 19.6 Å². The standard InChI is InChI=1S/C15H19N3O2/c1-10-11(7-9-20-10)15(19)16-8-6-14-17-12-4-2-3-5-13(12)18-14/h2-5,10-11H,6-9H2,1H3,(H,16,19)(H,17,18). The molecule has 2 heterocycles. The first-order valence-corrected chi connectivity index (χ1v) is 7.07. The third-order valence-corrected chi connectivity index (χ3v) is 3.81. The average Bonchev–Trinajstić information content (AvgIpc) is 3.04. The maximum Gasteiger partial charge on any atom is 0.225 e. The summed E-state index contributed by atoms with van der Waals surface area (Å²) in [6.45, 7) is 3.24. The van der Waals surface area contributed by atoms with Crippen molar-refractivity contribution in [2.45, 2.75) is 25.9 Å². The molecule has 1 aromatic heterocycles. The zero-order valence-electron chi connectivity index (χ0n) is 11.6. The number of nitrogens with one attached hydrogen (secondary N) is 2. The molecular formula is C15H19N3O2. The molecule has 106 valence electrons. The van der Waals surface area contributed by atoms with E-state index in [1.807, 2.05) is 31.2 Å². The number of aromatic nitrogens is 2. The van der Waals surface area contributed by atoms with Crippen molar-refractivity contribution in [3.63, 3.8) is 0 Å². The van der Waals surface area contributed by atoms with E-state index >= 15 is 0 Å². The van der Waals surface area contributed by atoms with Crippen molar-refractivity contribution >= 4 is 16.9 Å². The molecule has 0 bridgehead atoms. The number of carbonyl (C=O) groups is 1. The molecule has 2 unspecified atom stereocenters. The van der Waals surface area contributed by atoms with Crippen molar-refractivity contribution in [1.29, 1.82) is 0 Å². The van der Waals surface area contributed by atoms with E-state index in [2.05, 4.69) is 15.3 Å². The zero-order valence-corrected chi connectivity index (χ0v) is 11.6. The Hall–Kier alpha value is -1.88. The molecule has 1 fully saturated rings. The fourth-order valence-electron chi connectivity index (χ4n) is 2.64. The fraction of sp³-hybridized carbons (Fsp3) is 0.467. The number of benzene rings is 1. The van der Waals surface area contributed by atoms with Gasteiger partial charge >= 0.3 is 0 Å². The quantitative estimate of drug-likeness (QED) is 0.890. The molecule has 0 spiro atoms. The molecule has 20 heavy (non-hydrogen) atoms. The van der Waals surface area contributed by atoms with Crippen molar-refractivity contribution in [3.05, 3.63) is 30.1 Å². The van der Waals surface area contributed by atoms with Crippen molar-refractivity contribution in [2.75, 3.05) is 13.2 Å². The Labute approximate surface area is 117 Å². The van der Waals surface area contributed by atoms with Crippen LogP contribution in [0.3, 0.4) is 0 Å². The summed E-state index contributed by atoms with van der Waals surface area (Å²) < 4.78 is 5.41. The minimum atomic E-state index is -0.00864. The summed E-state index contributed by atoms with van der Waals surface area (Å²) in [5.74, 6) is 0.985. The van der Waals surface area contributed by atoms with Crippen LogP contribution in [0, 0.1) is 5.92 Å². The van der Waals surface area contributed by atoms with Gasteiger partial charge in [-0.15, -0.1) is 0 Å². The smallest absolute Gasteiger partial charge is 0.225 e. The third-order valence-electron chi connectivity index (χ3n) is 3.81. The second kappa shape index (κ2) is 5.63. The topological polar surface area (TPSA) is 67.0 Å². The van der Waals surface area contributed by atoms with Crippen LogP contribution in [0.4, 0.5) is 0 Å². The summed E-state index contributed by atoms with van der Waals surface area (Å²) in [5.41, 5.74) is 2.00. The number of H-pyrrole nitrogens is 1. The Kier molecular flexibility index (Phi) is 3.69. The second-order valence-electron chi connectivity index (χ2n) is 5.21. The summed E-state index contributed by atoms with van der Waals surface area (Å²) >= 11 is 0. The number of hydrogen-bond acceptors (Lipinski definition) is 3. The predicted octanol–water partition coefficient (Wildman–Crippen LogP) is 1.65. The number of fused-ring (bicyclic) bond motifs is 1. The number of ether oxygens (including phenoxy) is 1. The lowest BCUT2D eigenvalue weighted by Crippen LogP contribution is -2.35. The Morgan fingerprint density at radius 3 is 3.10 bits per heavy atom. The number of rotatable bonds is 4. The van der Waals surface area contributed by atoms with Crippen LogP contribution in [0.1, 0.15) is 19.2 Å². The molecule has 1 saturated heterocycles. The van der Waals surface area contributed by atoms with Gasteiger partial charge < -0.3 is 15.0 Å². The number of nitrogens with zero attached hydrogens (tertiary/aromatic N) is 1. The Balaban J connectivity index is 1.53. The van der Waals surface area contributed by atoms with Gasteiger partial charge in [-0.3, -0.25) is 4.79 Å². The molecule has 2 atom stereocenters. The molecule has 1 amide bonds. The number of amides is 1. The summed E-state index contributed by atoms with van der Waals surface area (Å²) in [6.07, 6.45) is 1.56. The molecule has 3 rings (SSSR count). The molecule has 2 aromatic rings. The van der Waals surface area contributed by atoms with Gasteiger partial charge in [-0.25, -0.2) is 4.98 Å². The van der Waals surface area contributed by atoms with E-state index in [1.165, 1.54) is 0 Å². The molecule has 2 N–H and O–H groups in total. The fourth-order valence-corrected chi connectivity index (χ4v) is 2.64. The van der Waals surface area contributed by atoms with Crippen molar-refractivity contribution in [3.8, 4) is 0 Å². The van der Waals surface area contributed by atoms with Crippen LogP contribution in [-0.4, -0.2) is 35.1 Å². The molecule has 0 aliphatic carbocycles. The number of hydrogen-bond donors (Lipinski definition) is 2. The number of para-hydroxylation sites is 2. The van der Waals surface area contributed by atoms with Crippen molar-refractivity contribution in [2.24, 2.45) is 5.92 Å². The first-order chi connectivity index (χ1) is 9.74. The Morgan fingerprint density at radius 1 is 1.50 bits per heavy atom. The highest BCUT2D eigenvalue weighted by molar-refractivity contribution is 5.79. The van der Waals surface area contributed by atoms with Crippen LogP contribution in [0.15, 0.2) is 24.3 Å². The minimum Gasteiger partial charge on any atom is -0.378 e. The minimum absolute atomic E-state index is 0.00864. The van der Waals surface area contributed by atoms with Gasteiger partial charge in [0.2, 0.25) is 5.91 Å². The summed E-state index contributed by atoms with van der Waals surface area (Å²) in [7, 11) is 0. The number of aromatic amines is 1. The maximum atomic E-state index is 12.0. The van der Waals surface area contributed by atoms with Crippen LogP contribution in [-0.2, 0) is 16.0 Å². The van der Waals surface area contributed by atoms with Gasteiger partial charge in [0.1, 0.15) is 5.82 Å². The predicted molar refractivity (Wildman–Crippen MR) is 76.3 cm³/mol. The van der Waals surface area contributed by atoms with Gasteiger partial charge in [-0.05, 0) is 25.5 Å². The van der Waals surface area contributed by atoms with Gasteiger partial charge in [-0.2, -0.15) is 0 Å². The number of carbonyl (C=O) groups excluding carboxylic acids is 1. The molecule has 5 heteroatoms. The summed E-state index contributed by atoms with van der Waals surface area (Å²) in [5, 5.41) is 2.97. The van der Waals surface area contributed by atoms with Gasteiger partial charge in [-0.1, -0.05) is 12.1 Å². The third kappa shape index (κ3) is 2.67.